The highest BCUT2D eigenvalue weighted by Crippen LogP contribution is 2.26. The molecule has 0 fully saturated rings. The van der Waals surface area contributed by atoms with Crippen LogP contribution < -0.4 is 5.32 Å². The van der Waals surface area contributed by atoms with Crippen molar-refractivity contribution in [3.05, 3.63) is 33.9 Å². The van der Waals surface area contributed by atoms with Gasteiger partial charge in [0.2, 0.25) is 0 Å². The van der Waals surface area contributed by atoms with Gasteiger partial charge >= 0.3 is 0 Å². The van der Waals surface area contributed by atoms with E-state index in [9.17, 15) is 18.9 Å². The lowest BCUT2D eigenvalue weighted by Gasteiger charge is -2.01. The van der Waals surface area contributed by atoms with Crippen LogP contribution in [0, 0.1) is 21.7 Å². The molecule has 1 aromatic carbocycles. The van der Waals surface area contributed by atoms with Crippen molar-refractivity contribution in [2.45, 2.75) is 0 Å². The SMILES string of the molecule is CNc1cc(F)c(F)cc1[N+](=O)[O-]. The molecule has 70 valence electrons. The van der Waals surface area contributed by atoms with E-state index in [-0.39, 0.29) is 5.69 Å². The van der Waals surface area contributed by atoms with Crippen molar-refractivity contribution < 1.29 is 13.7 Å². The third-order valence-electron chi connectivity index (χ3n) is 1.50. The predicted molar refractivity (Wildman–Crippen MR) is 42.6 cm³/mol. The molecule has 0 radical (unpaired) electrons. The van der Waals surface area contributed by atoms with Crippen molar-refractivity contribution in [2.24, 2.45) is 0 Å². The molecular weight excluding hydrogens is 182 g/mol. The molecule has 1 rings (SSSR count). The smallest absolute Gasteiger partial charge is 0.295 e. The lowest BCUT2D eigenvalue weighted by molar-refractivity contribution is -0.384. The quantitative estimate of drug-likeness (QED) is 0.569. The van der Waals surface area contributed by atoms with Crippen LogP contribution in [0.1, 0.15) is 0 Å². The molecule has 0 saturated heterocycles. The van der Waals surface area contributed by atoms with Gasteiger partial charge in [0.15, 0.2) is 11.6 Å². The first-order chi connectivity index (χ1) is 6.06. The molecule has 0 aliphatic rings. The number of nitrogens with one attached hydrogen (secondary N) is 1. The van der Waals surface area contributed by atoms with Gasteiger partial charge in [-0.3, -0.25) is 10.1 Å². The summed E-state index contributed by atoms with van der Waals surface area (Å²) in [7, 11) is 1.39. The summed E-state index contributed by atoms with van der Waals surface area (Å²) in [6.07, 6.45) is 0. The molecule has 6 heteroatoms. The van der Waals surface area contributed by atoms with Crippen molar-refractivity contribution in [1.29, 1.82) is 0 Å². The van der Waals surface area contributed by atoms with Crippen LogP contribution in [0.2, 0.25) is 0 Å². The van der Waals surface area contributed by atoms with Crippen LogP contribution in [0.3, 0.4) is 0 Å². The maximum atomic E-state index is 12.6. The lowest BCUT2D eigenvalue weighted by atomic mass is 10.2. The zero-order valence-electron chi connectivity index (χ0n) is 6.67. The topological polar surface area (TPSA) is 55.2 Å². The Labute approximate surface area is 72.3 Å². The first-order valence-corrected chi connectivity index (χ1v) is 3.37. The Hall–Kier alpha value is -1.72. The van der Waals surface area contributed by atoms with Crippen molar-refractivity contribution in [2.75, 3.05) is 12.4 Å². The second kappa shape index (κ2) is 3.34. The van der Waals surface area contributed by atoms with Crippen molar-refractivity contribution in [1.82, 2.24) is 0 Å². The van der Waals surface area contributed by atoms with E-state index in [2.05, 4.69) is 5.32 Å². The van der Waals surface area contributed by atoms with Crippen molar-refractivity contribution in [3.63, 3.8) is 0 Å². The second-order valence-electron chi connectivity index (χ2n) is 2.29. The minimum atomic E-state index is -1.23. The summed E-state index contributed by atoms with van der Waals surface area (Å²) >= 11 is 0. The van der Waals surface area contributed by atoms with Gasteiger partial charge in [-0.1, -0.05) is 0 Å². The van der Waals surface area contributed by atoms with Crippen molar-refractivity contribution >= 4 is 11.4 Å². The number of nitro groups is 1. The first kappa shape index (κ1) is 9.37. The van der Waals surface area contributed by atoms with E-state index in [0.29, 0.717) is 6.07 Å². The average Bonchev–Trinajstić information content (AvgIpc) is 2.08. The van der Waals surface area contributed by atoms with E-state index >= 15 is 0 Å². The Kier molecular flexibility index (Phi) is 2.41. The molecular formula is C7H6F2N2O2. The summed E-state index contributed by atoms with van der Waals surface area (Å²) < 4.78 is 25.1. The van der Waals surface area contributed by atoms with Crippen LogP contribution in [-0.2, 0) is 0 Å². The highest BCUT2D eigenvalue weighted by Gasteiger charge is 2.17. The van der Waals surface area contributed by atoms with Crippen LogP contribution in [0.5, 0.6) is 0 Å². The summed E-state index contributed by atoms with van der Waals surface area (Å²) in [6.45, 7) is 0. The van der Waals surface area contributed by atoms with E-state index in [0.717, 1.165) is 6.07 Å². The molecule has 1 aromatic rings. The molecule has 0 atom stereocenters. The van der Waals surface area contributed by atoms with E-state index in [1.165, 1.54) is 7.05 Å². The molecule has 0 unspecified atom stereocenters. The number of hydrogen-bond acceptors (Lipinski definition) is 3. The Morgan fingerprint density at radius 1 is 1.38 bits per heavy atom. The van der Waals surface area contributed by atoms with Gasteiger partial charge in [-0.25, -0.2) is 8.78 Å². The molecule has 0 amide bonds. The Morgan fingerprint density at radius 3 is 2.38 bits per heavy atom. The number of hydrogen-bond donors (Lipinski definition) is 1. The molecule has 0 saturated carbocycles. The van der Waals surface area contributed by atoms with Gasteiger partial charge in [0.05, 0.1) is 11.0 Å². The van der Waals surface area contributed by atoms with Gasteiger partial charge < -0.3 is 5.32 Å². The van der Waals surface area contributed by atoms with Gasteiger partial charge in [-0.15, -0.1) is 0 Å². The fourth-order valence-electron chi connectivity index (χ4n) is 0.888. The number of nitrogens with zero attached hydrogens (tertiary/aromatic N) is 1. The highest BCUT2D eigenvalue weighted by molar-refractivity contribution is 5.61. The highest BCUT2D eigenvalue weighted by atomic mass is 19.2. The standard InChI is InChI=1S/C7H6F2N2O2/c1-10-6-2-4(8)5(9)3-7(6)11(12)13/h2-3,10H,1H3. The number of nitro benzene ring substituents is 1. The van der Waals surface area contributed by atoms with Crippen LogP contribution >= 0.6 is 0 Å². The third-order valence-corrected chi connectivity index (χ3v) is 1.50. The van der Waals surface area contributed by atoms with E-state index in [4.69, 9.17) is 0 Å². The number of rotatable bonds is 2. The van der Waals surface area contributed by atoms with Crippen LogP contribution in [0.15, 0.2) is 12.1 Å². The summed E-state index contributed by atoms with van der Waals surface area (Å²) in [5, 5.41) is 12.7. The first-order valence-electron chi connectivity index (χ1n) is 3.37. The van der Waals surface area contributed by atoms with Gasteiger partial charge in [0, 0.05) is 13.1 Å². The zero-order chi connectivity index (χ0) is 10.0. The summed E-state index contributed by atoms with van der Waals surface area (Å²) in [6, 6.07) is 1.29. The van der Waals surface area contributed by atoms with Crippen molar-refractivity contribution in [3.8, 4) is 0 Å². The van der Waals surface area contributed by atoms with Crippen LogP contribution in [0.4, 0.5) is 20.2 Å². The van der Waals surface area contributed by atoms with E-state index in [1.807, 2.05) is 0 Å². The lowest BCUT2D eigenvalue weighted by Crippen LogP contribution is -1.99. The Morgan fingerprint density at radius 2 is 1.92 bits per heavy atom. The largest absolute Gasteiger partial charge is 0.382 e. The molecule has 13 heavy (non-hydrogen) atoms. The number of anilines is 1. The minimum absolute atomic E-state index is 0.0519. The molecule has 4 nitrogen and oxygen atoms in total. The fourth-order valence-corrected chi connectivity index (χ4v) is 0.888. The van der Waals surface area contributed by atoms with E-state index in [1.54, 1.807) is 0 Å². The van der Waals surface area contributed by atoms with Gasteiger partial charge in [0.1, 0.15) is 5.69 Å². The zero-order valence-corrected chi connectivity index (χ0v) is 6.67. The predicted octanol–water partition coefficient (Wildman–Crippen LogP) is 1.91. The molecule has 0 aliphatic carbocycles. The average molecular weight is 188 g/mol. The van der Waals surface area contributed by atoms with Crippen LogP contribution in [0.25, 0.3) is 0 Å². The summed E-state index contributed by atoms with van der Waals surface area (Å²) in [5.74, 6) is -2.35. The summed E-state index contributed by atoms with van der Waals surface area (Å²) in [5.41, 5.74) is -0.537. The minimum Gasteiger partial charge on any atom is -0.382 e. The number of halogens is 2. The van der Waals surface area contributed by atoms with Gasteiger partial charge in [-0.05, 0) is 0 Å². The molecule has 0 aromatic heterocycles. The maximum absolute atomic E-state index is 12.6. The second-order valence-corrected chi connectivity index (χ2v) is 2.29. The maximum Gasteiger partial charge on any atom is 0.295 e. The Balaban J connectivity index is 3.33. The van der Waals surface area contributed by atoms with Gasteiger partial charge in [-0.2, -0.15) is 0 Å². The van der Waals surface area contributed by atoms with Crippen LogP contribution in [-0.4, -0.2) is 12.0 Å². The molecule has 1 N–H and O–H groups in total. The molecule has 0 aliphatic heterocycles. The normalized spacial score (nSPS) is 9.77. The molecule has 0 spiro atoms. The third kappa shape index (κ3) is 1.71. The van der Waals surface area contributed by atoms with E-state index < -0.39 is 22.2 Å². The number of benzene rings is 1. The molecule has 0 bridgehead atoms. The fraction of sp³-hybridized carbons (Fsp3) is 0.143. The summed E-state index contributed by atoms with van der Waals surface area (Å²) in [4.78, 5) is 9.54. The van der Waals surface area contributed by atoms with Gasteiger partial charge in [0.25, 0.3) is 5.69 Å². The monoisotopic (exact) mass is 188 g/mol. The Bertz CT molecular complexity index is 355. The molecule has 0 heterocycles.